The molecule has 12 nitrogen and oxygen atoms in total. The molecular formula is C40H40N6O6. The monoisotopic (exact) mass is 700 g/mol. The van der Waals surface area contributed by atoms with E-state index in [0.717, 1.165) is 28.5 Å². The number of esters is 1. The van der Waals surface area contributed by atoms with Crippen molar-refractivity contribution < 1.29 is 28.6 Å². The third-order valence-corrected chi connectivity index (χ3v) is 8.58. The molecule has 0 saturated carbocycles. The van der Waals surface area contributed by atoms with E-state index in [0.29, 0.717) is 23.9 Å². The second-order valence-corrected chi connectivity index (χ2v) is 12.3. The highest BCUT2D eigenvalue weighted by Gasteiger charge is 2.32. The number of nitrogens with one attached hydrogen (secondary N) is 1. The summed E-state index contributed by atoms with van der Waals surface area (Å²) in [6.45, 7) is 2.27. The number of amides is 1. The quantitative estimate of drug-likeness (QED) is 0.0852. The number of hydrogen-bond acceptors (Lipinski definition) is 9. The lowest BCUT2D eigenvalue weighted by Gasteiger charge is -2.22. The number of alkyl carbamates (subject to hydrolysis) is 1. The molecule has 12 heteroatoms. The highest BCUT2D eigenvalue weighted by molar-refractivity contribution is 5.92. The van der Waals surface area contributed by atoms with Crippen LogP contribution in [0.15, 0.2) is 121 Å². The minimum absolute atomic E-state index is 0.0435. The van der Waals surface area contributed by atoms with Gasteiger partial charge in [0.2, 0.25) is 0 Å². The van der Waals surface area contributed by atoms with E-state index in [2.05, 4.69) is 20.8 Å². The van der Waals surface area contributed by atoms with Gasteiger partial charge in [-0.3, -0.25) is 4.57 Å². The van der Waals surface area contributed by atoms with Crippen molar-refractivity contribution in [1.29, 1.82) is 0 Å². The van der Waals surface area contributed by atoms with Crippen LogP contribution in [-0.4, -0.2) is 42.9 Å². The fraction of sp³-hybridized carbons (Fsp3) is 0.250. The summed E-state index contributed by atoms with van der Waals surface area (Å²) in [5.41, 5.74) is 3.87. The van der Waals surface area contributed by atoms with Crippen LogP contribution in [0.5, 0.6) is 0 Å². The fourth-order valence-corrected chi connectivity index (χ4v) is 5.90. The first-order valence-electron chi connectivity index (χ1n) is 17.3. The van der Waals surface area contributed by atoms with Crippen molar-refractivity contribution in [2.45, 2.75) is 64.5 Å². The highest BCUT2D eigenvalue weighted by Crippen LogP contribution is 2.29. The van der Waals surface area contributed by atoms with Gasteiger partial charge in [-0.2, -0.15) is 0 Å². The first-order valence-corrected chi connectivity index (χ1v) is 17.3. The molecule has 0 saturated heterocycles. The molecule has 0 aliphatic carbocycles. The molecule has 0 aliphatic rings. The third-order valence-electron chi connectivity index (χ3n) is 8.58. The first kappa shape index (κ1) is 35.5. The average molecular weight is 701 g/mol. The van der Waals surface area contributed by atoms with Crippen LogP contribution < -0.4 is 5.32 Å². The number of benzene rings is 4. The maximum absolute atomic E-state index is 13.6. The number of carbonyl (C=O) groups is 3. The zero-order valence-corrected chi connectivity index (χ0v) is 28.8. The summed E-state index contributed by atoms with van der Waals surface area (Å²) in [5, 5.41) is 16.2. The lowest BCUT2D eigenvalue weighted by atomic mass is 10.0. The maximum Gasteiger partial charge on any atom is 0.418 e. The Kier molecular flexibility index (Phi) is 12.0. The maximum atomic E-state index is 13.6. The van der Waals surface area contributed by atoms with Crippen molar-refractivity contribution in [3.63, 3.8) is 0 Å². The summed E-state index contributed by atoms with van der Waals surface area (Å²) in [7, 11) is 0. The van der Waals surface area contributed by atoms with Gasteiger partial charge in [0, 0.05) is 18.0 Å². The third kappa shape index (κ3) is 9.08. The number of unbranched alkanes of at least 4 members (excludes halogenated alkanes) is 1. The molecule has 0 bridgehead atoms. The number of para-hydroxylation sites is 1. The molecule has 266 valence electrons. The Morgan fingerprint density at radius 2 is 1.31 bits per heavy atom. The molecule has 0 aliphatic heterocycles. The van der Waals surface area contributed by atoms with Gasteiger partial charge in [-0.25, -0.2) is 19.1 Å². The summed E-state index contributed by atoms with van der Waals surface area (Å²) < 4.78 is 19.9. The molecule has 0 radical (unpaired) electrons. The molecule has 6 aromatic rings. The zero-order valence-electron chi connectivity index (χ0n) is 28.8. The SMILES string of the molecule is CCCCC(C(=O)OCc1ccccc1)n1nnnc1C(Cc1cn(C(=O)OCc2ccccc2)c2ccccc12)NC(=O)OCc1ccccc1. The number of fused-ring (bicyclic) bond motifs is 1. The normalized spacial score (nSPS) is 12.2. The van der Waals surface area contributed by atoms with Gasteiger partial charge in [0.05, 0.1) is 11.6 Å². The van der Waals surface area contributed by atoms with Crippen molar-refractivity contribution in [2.75, 3.05) is 0 Å². The highest BCUT2D eigenvalue weighted by atomic mass is 16.6. The standard InChI is InChI=1S/C40H40N6O6/c1-2-3-22-36(38(47)50-26-29-15-7-4-8-16-29)46-37(42-43-44-46)34(41-39(48)51-27-30-17-9-5-10-18-30)24-32-25-45(35-23-14-13-21-33(32)35)40(49)52-28-31-19-11-6-12-20-31/h4-21,23,25,34,36H,2-3,22,24,26-28H2,1H3,(H,41,48). The van der Waals surface area contributed by atoms with E-state index in [1.807, 2.05) is 122 Å². The Morgan fingerprint density at radius 1 is 0.731 bits per heavy atom. The summed E-state index contributed by atoms with van der Waals surface area (Å²) in [4.78, 5) is 40.4. The number of carbonyl (C=O) groups excluding carboxylic acids is 3. The summed E-state index contributed by atoms with van der Waals surface area (Å²) >= 11 is 0. The Morgan fingerprint density at radius 3 is 1.94 bits per heavy atom. The number of ether oxygens (including phenoxy) is 3. The molecule has 1 N–H and O–H groups in total. The van der Waals surface area contributed by atoms with Crippen molar-refractivity contribution in [3.05, 3.63) is 150 Å². The van der Waals surface area contributed by atoms with Gasteiger partial charge in [-0.1, -0.05) is 129 Å². The first-order chi connectivity index (χ1) is 25.5. The molecule has 52 heavy (non-hydrogen) atoms. The van der Waals surface area contributed by atoms with Crippen LogP contribution in [0.4, 0.5) is 9.59 Å². The molecule has 2 unspecified atom stereocenters. The number of hydrogen-bond donors (Lipinski definition) is 1. The van der Waals surface area contributed by atoms with E-state index in [9.17, 15) is 14.4 Å². The molecule has 0 spiro atoms. The molecule has 1 amide bonds. The molecule has 2 aromatic heterocycles. The van der Waals surface area contributed by atoms with E-state index >= 15 is 0 Å². The van der Waals surface area contributed by atoms with Crippen LogP contribution in [0.3, 0.4) is 0 Å². The predicted molar refractivity (Wildman–Crippen MR) is 193 cm³/mol. The van der Waals surface area contributed by atoms with Gasteiger partial charge in [-0.05, 0) is 45.2 Å². The Bertz CT molecular complexity index is 2070. The van der Waals surface area contributed by atoms with E-state index in [4.69, 9.17) is 14.2 Å². The number of rotatable bonds is 15. The largest absolute Gasteiger partial charge is 0.459 e. The van der Waals surface area contributed by atoms with E-state index in [-0.39, 0.29) is 32.1 Å². The van der Waals surface area contributed by atoms with E-state index in [1.54, 1.807) is 6.20 Å². The van der Waals surface area contributed by atoms with Crippen LogP contribution in [0.1, 0.15) is 66.3 Å². The van der Waals surface area contributed by atoms with Crippen LogP contribution in [0.2, 0.25) is 0 Å². The number of tetrazole rings is 1. The van der Waals surface area contributed by atoms with Crippen molar-refractivity contribution in [3.8, 4) is 0 Å². The van der Waals surface area contributed by atoms with Crippen LogP contribution in [0, 0.1) is 0 Å². The lowest BCUT2D eigenvalue weighted by molar-refractivity contribution is -0.149. The van der Waals surface area contributed by atoms with Crippen molar-refractivity contribution in [2.24, 2.45) is 0 Å². The Labute approximate surface area is 301 Å². The van der Waals surface area contributed by atoms with E-state index < -0.39 is 30.2 Å². The van der Waals surface area contributed by atoms with E-state index in [1.165, 1.54) is 9.25 Å². The second-order valence-electron chi connectivity index (χ2n) is 12.3. The van der Waals surface area contributed by atoms with Crippen molar-refractivity contribution >= 4 is 29.1 Å². The smallest absolute Gasteiger partial charge is 0.418 e. The molecule has 2 heterocycles. The number of nitrogens with zero attached hydrogens (tertiary/aromatic N) is 5. The summed E-state index contributed by atoms with van der Waals surface area (Å²) in [5.74, 6) is -0.257. The van der Waals surface area contributed by atoms with Gasteiger partial charge in [-0.15, -0.1) is 5.10 Å². The Balaban J connectivity index is 1.30. The molecule has 0 fully saturated rings. The fourth-order valence-electron chi connectivity index (χ4n) is 5.90. The summed E-state index contributed by atoms with van der Waals surface area (Å²) in [6, 6.07) is 33.9. The minimum atomic E-state index is -0.871. The minimum Gasteiger partial charge on any atom is -0.459 e. The van der Waals surface area contributed by atoms with Gasteiger partial charge in [0.1, 0.15) is 19.8 Å². The molecular weight excluding hydrogens is 660 g/mol. The summed E-state index contributed by atoms with van der Waals surface area (Å²) in [6.07, 6.45) is 2.54. The van der Waals surface area contributed by atoms with Crippen LogP contribution in [-0.2, 0) is 45.2 Å². The number of aromatic nitrogens is 5. The van der Waals surface area contributed by atoms with Gasteiger partial charge < -0.3 is 19.5 Å². The van der Waals surface area contributed by atoms with Crippen LogP contribution in [0.25, 0.3) is 10.9 Å². The Hall–Kier alpha value is -6.30. The van der Waals surface area contributed by atoms with Gasteiger partial charge in [0.15, 0.2) is 11.9 Å². The average Bonchev–Trinajstić information content (AvgIpc) is 3.82. The van der Waals surface area contributed by atoms with Gasteiger partial charge in [0.25, 0.3) is 0 Å². The van der Waals surface area contributed by atoms with Crippen LogP contribution >= 0.6 is 0 Å². The molecule has 6 rings (SSSR count). The predicted octanol–water partition coefficient (Wildman–Crippen LogP) is 7.50. The topological polar surface area (TPSA) is 139 Å². The zero-order chi connectivity index (χ0) is 36.1. The lowest BCUT2D eigenvalue weighted by Crippen LogP contribution is -2.34. The second kappa shape index (κ2) is 17.6. The molecule has 4 aromatic carbocycles. The molecule has 2 atom stereocenters. The van der Waals surface area contributed by atoms with Gasteiger partial charge >= 0.3 is 18.2 Å². The van der Waals surface area contributed by atoms with Crippen molar-refractivity contribution in [1.82, 2.24) is 30.1 Å².